The average Bonchev–Trinajstić information content (AvgIpc) is 3.06. The van der Waals surface area contributed by atoms with Gasteiger partial charge in [0.15, 0.2) is 0 Å². The molecule has 1 heterocycles. The molecule has 0 fully saturated rings. The number of hydrogen-bond donors (Lipinski definition) is 0. The summed E-state index contributed by atoms with van der Waals surface area (Å²) < 4.78 is 39.8. The lowest BCUT2D eigenvalue weighted by molar-refractivity contribution is 0.414. The van der Waals surface area contributed by atoms with Gasteiger partial charge in [-0.1, -0.05) is 36.8 Å². The van der Waals surface area contributed by atoms with Gasteiger partial charge in [-0.15, -0.1) is 0 Å². The fourth-order valence-electron chi connectivity index (χ4n) is 4.08. The molecule has 3 aromatic rings. The molecular weight excluding hydrogens is 398 g/mol. The van der Waals surface area contributed by atoms with E-state index in [1.54, 1.807) is 36.7 Å². The van der Waals surface area contributed by atoms with E-state index in [1.807, 2.05) is 55.5 Å². The zero-order chi connectivity index (χ0) is 21.5. The van der Waals surface area contributed by atoms with Crippen LogP contribution in [0.3, 0.4) is 0 Å². The first-order valence-electron chi connectivity index (χ1n) is 9.80. The van der Waals surface area contributed by atoms with Gasteiger partial charge in [0, 0.05) is 5.92 Å². The van der Waals surface area contributed by atoms with Gasteiger partial charge < -0.3 is 9.47 Å². The highest BCUT2D eigenvalue weighted by Crippen LogP contribution is 2.52. The van der Waals surface area contributed by atoms with Gasteiger partial charge in [0.05, 0.1) is 30.8 Å². The topological polar surface area (TPSA) is 55.8 Å². The van der Waals surface area contributed by atoms with E-state index >= 15 is 0 Å². The minimum absolute atomic E-state index is 0.0521. The fourth-order valence-corrected chi connectivity index (χ4v) is 5.81. The largest absolute Gasteiger partial charge is 0.497 e. The molecule has 1 aliphatic rings. The summed E-state index contributed by atoms with van der Waals surface area (Å²) in [6.07, 6.45) is 0. The number of nitrogens with zero attached hydrogens (tertiary/aromatic N) is 1. The summed E-state index contributed by atoms with van der Waals surface area (Å²) in [5.41, 5.74) is 3.56. The van der Waals surface area contributed by atoms with Gasteiger partial charge in [-0.05, 0) is 60.5 Å². The molecule has 2 atom stereocenters. The number of rotatable bonds is 5. The maximum Gasteiger partial charge on any atom is 0.264 e. The predicted octanol–water partition coefficient (Wildman–Crippen LogP) is 5.07. The number of hydrogen-bond acceptors (Lipinski definition) is 4. The number of sulfonamides is 1. The molecule has 0 N–H and O–H groups in total. The van der Waals surface area contributed by atoms with E-state index in [0.29, 0.717) is 11.4 Å². The fraction of sp³-hybridized carbons (Fsp3) is 0.250. The molecule has 6 heteroatoms. The Bertz CT molecular complexity index is 1150. The lowest BCUT2D eigenvalue weighted by Crippen LogP contribution is -2.33. The first-order chi connectivity index (χ1) is 14.4. The number of fused-ring (bicyclic) bond motifs is 1. The Labute approximate surface area is 177 Å². The zero-order valence-corrected chi connectivity index (χ0v) is 18.3. The Morgan fingerprint density at radius 2 is 1.43 bits per heavy atom. The Morgan fingerprint density at radius 1 is 0.833 bits per heavy atom. The predicted molar refractivity (Wildman–Crippen MR) is 118 cm³/mol. The van der Waals surface area contributed by atoms with Crippen molar-refractivity contribution in [1.29, 1.82) is 0 Å². The van der Waals surface area contributed by atoms with Gasteiger partial charge in [0.2, 0.25) is 0 Å². The molecule has 5 nitrogen and oxygen atoms in total. The third-order valence-electron chi connectivity index (χ3n) is 5.72. The van der Waals surface area contributed by atoms with E-state index in [-0.39, 0.29) is 16.9 Å². The number of benzene rings is 3. The molecule has 0 saturated carbocycles. The van der Waals surface area contributed by atoms with Gasteiger partial charge in [-0.25, -0.2) is 8.42 Å². The van der Waals surface area contributed by atoms with Crippen LogP contribution in [-0.2, 0) is 10.0 Å². The van der Waals surface area contributed by atoms with Crippen LogP contribution in [0.2, 0.25) is 0 Å². The molecule has 0 radical (unpaired) electrons. The third-order valence-corrected chi connectivity index (χ3v) is 7.53. The second-order valence-electron chi connectivity index (χ2n) is 7.55. The normalized spacial score (nSPS) is 18.2. The van der Waals surface area contributed by atoms with Crippen molar-refractivity contribution in [3.63, 3.8) is 0 Å². The van der Waals surface area contributed by atoms with Crippen LogP contribution < -0.4 is 13.8 Å². The standard InChI is InChI=1S/C24H25NO4S/c1-16-5-12-21(13-6-16)30(26,27)25-23-14-11-20(29-4)15-22(23)17(2)24(25)18-7-9-19(28-3)10-8-18/h5-15,17,24H,1-4H3/t17-,24-/m0/s1. The van der Waals surface area contributed by atoms with Crippen LogP contribution in [0, 0.1) is 6.92 Å². The van der Waals surface area contributed by atoms with Gasteiger partial charge in [0.1, 0.15) is 11.5 Å². The summed E-state index contributed by atoms with van der Waals surface area (Å²) in [4.78, 5) is 0.280. The van der Waals surface area contributed by atoms with E-state index in [9.17, 15) is 8.42 Å². The Kier molecular flexibility index (Phi) is 5.20. The van der Waals surface area contributed by atoms with Crippen molar-refractivity contribution in [2.75, 3.05) is 18.5 Å². The molecule has 0 amide bonds. The highest BCUT2D eigenvalue weighted by molar-refractivity contribution is 7.92. The molecule has 1 aliphatic heterocycles. The first kappa shape index (κ1) is 20.3. The second-order valence-corrected chi connectivity index (χ2v) is 9.36. The van der Waals surface area contributed by atoms with Crippen molar-refractivity contribution in [3.8, 4) is 11.5 Å². The van der Waals surface area contributed by atoms with Gasteiger partial charge in [-0.3, -0.25) is 4.31 Å². The minimum Gasteiger partial charge on any atom is -0.497 e. The SMILES string of the molecule is COc1ccc([C@@H]2[C@@H](C)c3cc(OC)ccc3N2S(=O)(=O)c2ccc(C)cc2)cc1. The van der Waals surface area contributed by atoms with E-state index < -0.39 is 10.0 Å². The summed E-state index contributed by atoms with van der Waals surface area (Å²) in [6.45, 7) is 3.99. The monoisotopic (exact) mass is 423 g/mol. The van der Waals surface area contributed by atoms with Crippen LogP contribution >= 0.6 is 0 Å². The van der Waals surface area contributed by atoms with Crippen LogP contribution in [0.1, 0.15) is 35.6 Å². The molecule has 0 spiro atoms. The molecule has 156 valence electrons. The summed E-state index contributed by atoms with van der Waals surface area (Å²) in [6, 6.07) is 19.8. The van der Waals surface area contributed by atoms with Crippen molar-refractivity contribution >= 4 is 15.7 Å². The third kappa shape index (κ3) is 3.31. The molecule has 30 heavy (non-hydrogen) atoms. The summed E-state index contributed by atoms with van der Waals surface area (Å²) in [5.74, 6) is 1.39. The maximum absolute atomic E-state index is 13.8. The van der Waals surface area contributed by atoms with Crippen molar-refractivity contribution in [2.24, 2.45) is 0 Å². The lowest BCUT2D eigenvalue weighted by Gasteiger charge is -2.29. The smallest absolute Gasteiger partial charge is 0.264 e. The quantitative estimate of drug-likeness (QED) is 0.575. The van der Waals surface area contributed by atoms with Gasteiger partial charge >= 0.3 is 0 Å². The molecule has 3 aromatic carbocycles. The molecule has 0 aliphatic carbocycles. The molecule has 4 rings (SSSR count). The number of ether oxygens (including phenoxy) is 2. The number of anilines is 1. The van der Waals surface area contributed by atoms with Crippen molar-refractivity contribution in [3.05, 3.63) is 83.4 Å². The molecule has 0 unspecified atom stereocenters. The Morgan fingerprint density at radius 3 is 2.03 bits per heavy atom. The van der Waals surface area contributed by atoms with Crippen LogP contribution in [0.25, 0.3) is 0 Å². The summed E-state index contributed by atoms with van der Waals surface area (Å²) >= 11 is 0. The molecule has 0 bridgehead atoms. The maximum atomic E-state index is 13.8. The molecule has 0 saturated heterocycles. The average molecular weight is 424 g/mol. The van der Waals surface area contributed by atoms with Crippen molar-refractivity contribution < 1.29 is 17.9 Å². The number of aryl methyl sites for hydroxylation is 1. The van der Waals surface area contributed by atoms with Gasteiger partial charge in [-0.2, -0.15) is 0 Å². The highest BCUT2D eigenvalue weighted by atomic mass is 32.2. The minimum atomic E-state index is -3.77. The van der Waals surface area contributed by atoms with Crippen LogP contribution in [0.15, 0.2) is 71.6 Å². The van der Waals surface area contributed by atoms with E-state index in [2.05, 4.69) is 6.92 Å². The first-order valence-corrected chi connectivity index (χ1v) is 11.2. The molecular formula is C24H25NO4S. The van der Waals surface area contributed by atoms with E-state index in [1.165, 1.54) is 0 Å². The summed E-state index contributed by atoms with van der Waals surface area (Å²) in [7, 11) is -0.544. The van der Waals surface area contributed by atoms with Crippen molar-refractivity contribution in [2.45, 2.75) is 30.7 Å². The highest BCUT2D eigenvalue weighted by Gasteiger charge is 2.44. The van der Waals surface area contributed by atoms with Gasteiger partial charge in [0.25, 0.3) is 10.0 Å². The zero-order valence-electron chi connectivity index (χ0n) is 17.5. The van der Waals surface area contributed by atoms with E-state index in [4.69, 9.17) is 9.47 Å². The van der Waals surface area contributed by atoms with Crippen LogP contribution in [0.5, 0.6) is 11.5 Å². The van der Waals surface area contributed by atoms with Crippen LogP contribution in [-0.4, -0.2) is 22.6 Å². The summed E-state index contributed by atoms with van der Waals surface area (Å²) in [5, 5.41) is 0. The Balaban J connectivity index is 1.89. The molecule has 0 aromatic heterocycles. The second kappa shape index (κ2) is 7.69. The number of methoxy groups -OCH3 is 2. The Hall–Kier alpha value is -2.99. The van der Waals surface area contributed by atoms with Crippen molar-refractivity contribution in [1.82, 2.24) is 0 Å². The lowest BCUT2D eigenvalue weighted by atomic mass is 9.92. The van der Waals surface area contributed by atoms with Crippen LogP contribution in [0.4, 0.5) is 5.69 Å². The van der Waals surface area contributed by atoms with E-state index in [0.717, 1.165) is 22.4 Å².